The summed E-state index contributed by atoms with van der Waals surface area (Å²) in [5.41, 5.74) is 2.25. The highest BCUT2D eigenvalue weighted by atomic mass is 16.5. The largest absolute Gasteiger partial charge is 0.497 e. The smallest absolute Gasteiger partial charge is 0.119 e. The zero-order valence-electron chi connectivity index (χ0n) is 9.84. The van der Waals surface area contributed by atoms with E-state index in [-0.39, 0.29) is 0 Å². The summed E-state index contributed by atoms with van der Waals surface area (Å²) in [6, 6.07) is 8.39. The van der Waals surface area contributed by atoms with Gasteiger partial charge in [-0.25, -0.2) is 0 Å². The lowest BCUT2D eigenvalue weighted by atomic mass is 10.1. The first-order chi connectivity index (χ1) is 7.70. The van der Waals surface area contributed by atoms with E-state index in [9.17, 15) is 0 Å². The Labute approximate surface area is 95.7 Å². The van der Waals surface area contributed by atoms with Gasteiger partial charge in [-0.3, -0.25) is 4.68 Å². The van der Waals surface area contributed by atoms with Gasteiger partial charge in [0.2, 0.25) is 0 Å². The average Bonchev–Trinajstić information content (AvgIpc) is 2.78. The molecule has 2 rings (SSSR count). The van der Waals surface area contributed by atoms with Gasteiger partial charge in [-0.05, 0) is 31.5 Å². The lowest BCUT2D eigenvalue weighted by Gasteiger charge is -2.04. The minimum atomic E-state index is 0.388. The maximum absolute atomic E-state index is 5.20. The van der Waals surface area contributed by atoms with Gasteiger partial charge < -0.3 is 4.74 Å². The highest BCUT2D eigenvalue weighted by molar-refractivity contribution is 5.63. The predicted molar refractivity (Wildman–Crippen MR) is 64.6 cm³/mol. The van der Waals surface area contributed by atoms with Crippen LogP contribution < -0.4 is 4.74 Å². The first-order valence-corrected chi connectivity index (χ1v) is 5.39. The van der Waals surface area contributed by atoms with Crippen molar-refractivity contribution in [3.8, 4) is 16.9 Å². The fraction of sp³-hybridized carbons (Fsp3) is 0.308. The molecular formula is C13H16N2O. The van der Waals surface area contributed by atoms with E-state index in [0.29, 0.717) is 6.04 Å². The van der Waals surface area contributed by atoms with Gasteiger partial charge in [0, 0.05) is 17.8 Å². The zero-order valence-corrected chi connectivity index (χ0v) is 9.84. The molecule has 0 saturated heterocycles. The van der Waals surface area contributed by atoms with E-state index < -0.39 is 0 Å². The van der Waals surface area contributed by atoms with Crippen LogP contribution in [0.25, 0.3) is 11.1 Å². The molecule has 3 nitrogen and oxygen atoms in total. The summed E-state index contributed by atoms with van der Waals surface area (Å²) < 4.78 is 7.16. The highest BCUT2D eigenvalue weighted by Gasteiger charge is 2.04. The Morgan fingerprint density at radius 2 is 2.06 bits per heavy atom. The topological polar surface area (TPSA) is 27.1 Å². The molecule has 0 unspecified atom stereocenters. The molecule has 0 N–H and O–H groups in total. The molecule has 0 fully saturated rings. The number of methoxy groups -OCH3 is 1. The Bertz CT molecular complexity index is 474. The fourth-order valence-electron chi connectivity index (χ4n) is 1.57. The summed E-state index contributed by atoms with van der Waals surface area (Å²) in [7, 11) is 1.68. The van der Waals surface area contributed by atoms with Crippen molar-refractivity contribution in [3.05, 3.63) is 36.7 Å². The second kappa shape index (κ2) is 4.39. The van der Waals surface area contributed by atoms with Crippen LogP contribution in [-0.4, -0.2) is 16.9 Å². The van der Waals surface area contributed by atoms with Gasteiger partial charge in [0.15, 0.2) is 0 Å². The van der Waals surface area contributed by atoms with E-state index in [1.165, 1.54) is 0 Å². The molecule has 1 heterocycles. The monoisotopic (exact) mass is 216 g/mol. The SMILES string of the molecule is COc1cccc(-c2cnn(C(C)C)c2)c1. The van der Waals surface area contributed by atoms with Crippen LogP contribution in [-0.2, 0) is 0 Å². The summed E-state index contributed by atoms with van der Waals surface area (Å²) in [4.78, 5) is 0. The van der Waals surface area contributed by atoms with Gasteiger partial charge in [-0.1, -0.05) is 12.1 Å². The lowest BCUT2D eigenvalue weighted by molar-refractivity contribution is 0.415. The second-order valence-corrected chi connectivity index (χ2v) is 4.03. The Balaban J connectivity index is 2.34. The third-order valence-electron chi connectivity index (χ3n) is 2.53. The molecule has 0 atom stereocenters. The molecule has 0 aliphatic carbocycles. The van der Waals surface area contributed by atoms with Gasteiger partial charge in [-0.15, -0.1) is 0 Å². The quantitative estimate of drug-likeness (QED) is 0.788. The summed E-state index contributed by atoms with van der Waals surface area (Å²) in [6.45, 7) is 4.23. The maximum atomic E-state index is 5.20. The number of hydrogen-bond donors (Lipinski definition) is 0. The molecule has 3 heteroatoms. The van der Waals surface area contributed by atoms with Crippen molar-refractivity contribution in [1.29, 1.82) is 0 Å². The van der Waals surface area contributed by atoms with Crippen molar-refractivity contribution < 1.29 is 4.74 Å². The van der Waals surface area contributed by atoms with Gasteiger partial charge in [0.05, 0.1) is 13.3 Å². The maximum Gasteiger partial charge on any atom is 0.119 e. The molecule has 0 spiro atoms. The second-order valence-electron chi connectivity index (χ2n) is 4.03. The Morgan fingerprint density at radius 3 is 2.69 bits per heavy atom. The van der Waals surface area contributed by atoms with Gasteiger partial charge in [0.25, 0.3) is 0 Å². The summed E-state index contributed by atoms with van der Waals surface area (Å²) in [5.74, 6) is 0.870. The molecule has 0 aliphatic heterocycles. The molecule has 0 bridgehead atoms. The molecule has 0 amide bonds. The first kappa shape index (κ1) is 10.7. The van der Waals surface area contributed by atoms with Crippen molar-refractivity contribution in [2.24, 2.45) is 0 Å². The van der Waals surface area contributed by atoms with Crippen molar-refractivity contribution >= 4 is 0 Å². The van der Waals surface area contributed by atoms with E-state index >= 15 is 0 Å². The van der Waals surface area contributed by atoms with Gasteiger partial charge in [0.1, 0.15) is 5.75 Å². The Morgan fingerprint density at radius 1 is 1.25 bits per heavy atom. The van der Waals surface area contributed by atoms with E-state index in [2.05, 4.69) is 31.2 Å². The predicted octanol–water partition coefficient (Wildman–Crippen LogP) is 3.14. The van der Waals surface area contributed by atoms with Crippen molar-refractivity contribution in [3.63, 3.8) is 0 Å². The number of hydrogen-bond acceptors (Lipinski definition) is 2. The van der Waals surface area contributed by atoms with Crippen LogP contribution in [0.1, 0.15) is 19.9 Å². The fourth-order valence-corrected chi connectivity index (χ4v) is 1.57. The molecule has 0 saturated carbocycles. The first-order valence-electron chi connectivity index (χ1n) is 5.39. The van der Waals surface area contributed by atoms with Crippen molar-refractivity contribution in [1.82, 2.24) is 9.78 Å². The molecule has 16 heavy (non-hydrogen) atoms. The van der Waals surface area contributed by atoms with Crippen LogP contribution in [0.4, 0.5) is 0 Å². The molecule has 1 aromatic carbocycles. The molecule has 0 radical (unpaired) electrons. The summed E-state index contributed by atoms with van der Waals surface area (Å²) in [6.07, 6.45) is 3.94. The number of aromatic nitrogens is 2. The molecular weight excluding hydrogens is 200 g/mol. The summed E-state index contributed by atoms with van der Waals surface area (Å²) >= 11 is 0. The van der Waals surface area contributed by atoms with E-state index in [1.807, 2.05) is 29.1 Å². The number of rotatable bonds is 3. The molecule has 84 valence electrons. The molecule has 0 aliphatic rings. The minimum absolute atomic E-state index is 0.388. The standard InChI is InChI=1S/C13H16N2O/c1-10(2)15-9-12(8-14-15)11-5-4-6-13(7-11)16-3/h4-10H,1-3H3. The number of benzene rings is 1. The lowest BCUT2D eigenvalue weighted by Crippen LogP contribution is -1.99. The van der Waals surface area contributed by atoms with E-state index in [0.717, 1.165) is 16.9 Å². The van der Waals surface area contributed by atoms with Crippen molar-refractivity contribution in [2.45, 2.75) is 19.9 Å². The normalized spacial score (nSPS) is 10.8. The summed E-state index contributed by atoms with van der Waals surface area (Å²) in [5, 5.41) is 4.32. The van der Waals surface area contributed by atoms with Crippen molar-refractivity contribution in [2.75, 3.05) is 7.11 Å². The number of ether oxygens (including phenoxy) is 1. The van der Waals surface area contributed by atoms with Crippen LogP contribution in [0.15, 0.2) is 36.7 Å². The third kappa shape index (κ3) is 2.08. The number of nitrogens with zero attached hydrogens (tertiary/aromatic N) is 2. The molecule has 2 aromatic rings. The molecule has 1 aromatic heterocycles. The van der Waals surface area contributed by atoms with E-state index in [1.54, 1.807) is 7.11 Å². The minimum Gasteiger partial charge on any atom is -0.497 e. The Kier molecular flexibility index (Phi) is 2.95. The van der Waals surface area contributed by atoms with Crippen LogP contribution in [0.5, 0.6) is 5.75 Å². The van der Waals surface area contributed by atoms with Crippen LogP contribution in [0.3, 0.4) is 0 Å². The van der Waals surface area contributed by atoms with Crippen LogP contribution in [0, 0.1) is 0 Å². The Hall–Kier alpha value is -1.77. The van der Waals surface area contributed by atoms with E-state index in [4.69, 9.17) is 4.74 Å². The van der Waals surface area contributed by atoms with Gasteiger partial charge >= 0.3 is 0 Å². The zero-order chi connectivity index (χ0) is 11.5. The highest BCUT2D eigenvalue weighted by Crippen LogP contribution is 2.23. The van der Waals surface area contributed by atoms with Crippen LogP contribution in [0.2, 0.25) is 0 Å². The average molecular weight is 216 g/mol. The van der Waals surface area contributed by atoms with Crippen LogP contribution >= 0.6 is 0 Å². The third-order valence-corrected chi connectivity index (χ3v) is 2.53. The van der Waals surface area contributed by atoms with Gasteiger partial charge in [-0.2, -0.15) is 5.10 Å².